The molecule has 1 N–H and O–H groups in total. The summed E-state index contributed by atoms with van der Waals surface area (Å²) in [6.07, 6.45) is 3.20. The van der Waals surface area contributed by atoms with Gasteiger partial charge >= 0.3 is 0 Å². The van der Waals surface area contributed by atoms with E-state index in [1.165, 1.54) is 0 Å². The number of ether oxygens (including phenoxy) is 3. The molecule has 2 aromatic carbocycles. The Hall–Kier alpha value is -1.83. The zero-order chi connectivity index (χ0) is 26.1. The molecule has 36 heavy (non-hydrogen) atoms. The Morgan fingerprint density at radius 3 is 2.67 bits per heavy atom. The minimum atomic E-state index is -0.319. The van der Waals surface area contributed by atoms with Crippen molar-refractivity contribution in [3.05, 3.63) is 63.1 Å². The van der Waals surface area contributed by atoms with Crippen molar-refractivity contribution in [1.82, 2.24) is 4.90 Å². The van der Waals surface area contributed by atoms with E-state index in [9.17, 15) is 9.90 Å². The molecule has 1 amide bonds. The first-order chi connectivity index (χ1) is 17.3. The molecule has 0 spiro atoms. The lowest BCUT2D eigenvalue weighted by Gasteiger charge is -2.28. The Bertz CT molecular complexity index is 994. The topological polar surface area (TPSA) is 68.2 Å². The van der Waals surface area contributed by atoms with Crippen LogP contribution in [-0.4, -0.2) is 54.6 Å². The molecule has 2 aromatic rings. The third-order valence-electron chi connectivity index (χ3n) is 6.12. The largest absolute Gasteiger partial charge is 0.491 e. The standard InChI is InChI=1S/C28H37Cl2NO5/c1-19(2)35-23-8-6-7-21(17-23)18-25(33)31(14-15-32)13-12-22-10-11-24(29)28(30)27(22)20(3)36-26-9-4-5-16-34-26/h6-8,10-11,17,19-20,26,32H,4-5,9,12-16,18H2,1-3H3. The average Bonchev–Trinajstić information content (AvgIpc) is 2.84. The first kappa shape index (κ1) is 28.7. The minimum absolute atomic E-state index is 0.0540. The van der Waals surface area contributed by atoms with Crippen molar-refractivity contribution in [1.29, 1.82) is 0 Å². The Kier molecular flexibility index (Phi) is 11.3. The van der Waals surface area contributed by atoms with Gasteiger partial charge in [0.1, 0.15) is 5.75 Å². The molecule has 0 bridgehead atoms. The summed E-state index contributed by atoms with van der Waals surface area (Å²) in [4.78, 5) is 14.8. The number of carbonyl (C=O) groups is 1. The molecular formula is C28H37Cl2NO5. The molecule has 2 unspecified atom stereocenters. The molecule has 3 rings (SSSR count). The van der Waals surface area contributed by atoms with Gasteiger partial charge in [0.15, 0.2) is 6.29 Å². The smallest absolute Gasteiger partial charge is 0.227 e. The van der Waals surface area contributed by atoms with Crippen LogP contribution < -0.4 is 4.74 Å². The van der Waals surface area contributed by atoms with E-state index >= 15 is 0 Å². The normalized spacial score (nSPS) is 16.7. The van der Waals surface area contributed by atoms with E-state index in [1.54, 1.807) is 11.0 Å². The van der Waals surface area contributed by atoms with Crippen LogP contribution in [0.2, 0.25) is 10.0 Å². The van der Waals surface area contributed by atoms with Crippen molar-refractivity contribution >= 4 is 29.1 Å². The second kappa shape index (κ2) is 14.2. The number of aliphatic hydroxyl groups is 1. The van der Waals surface area contributed by atoms with Gasteiger partial charge in [0.2, 0.25) is 5.91 Å². The van der Waals surface area contributed by atoms with Crippen molar-refractivity contribution in [2.45, 2.75) is 71.4 Å². The molecule has 0 saturated carbocycles. The zero-order valence-electron chi connectivity index (χ0n) is 21.3. The Morgan fingerprint density at radius 1 is 1.17 bits per heavy atom. The van der Waals surface area contributed by atoms with Crippen LogP contribution in [0.3, 0.4) is 0 Å². The fourth-order valence-electron chi connectivity index (χ4n) is 4.40. The molecule has 8 heteroatoms. The molecule has 6 nitrogen and oxygen atoms in total. The lowest BCUT2D eigenvalue weighted by atomic mass is 9.99. The van der Waals surface area contributed by atoms with E-state index in [-0.39, 0.29) is 44.0 Å². The highest BCUT2D eigenvalue weighted by molar-refractivity contribution is 6.42. The summed E-state index contributed by atoms with van der Waals surface area (Å²) in [6, 6.07) is 11.3. The van der Waals surface area contributed by atoms with Crippen LogP contribution >= 0.6 is 23.2 Å². The molecule has 1 aliphatic heterocycles. The van der Waals surface area contributed by atoms with E-state index in [4.69, 9.17) is 37.4 Å². The van der Waals surface area contributed by atoms with Gasteiger partial charge in [-0.2, -0.15) is 0 Å². The molecule has 198 valence electrons. The number of halogens is 2. The molecule has 0 radical (unpaired) electrons. The van der Waals surface area contributed by atoms with E-state index in [0.717, 1.165) is 41.7 Å². The molecule has 1 fully saturated rings. The summed E-state index contributed by atoms with van der Waals surface area (Å²) in [5, 5.41) is 10.5. The predicted octanol–water partition coefficient (Wildman–Crippen LogP) is 5.99. The quantitative estimate of drug-likeness (QED) is 0.360. The monoisotopic (exact) mass is 537 g/mol. The van der Waals surface area contributed by atoms with E-state index in [0.29, 0.717) is 29.6 Å². The van der Waals surface area contributed by atoms with Gasteiger partial charge in [0, 0.05) is 25.3 Å². The summed E-state index contributed by atoms with van der Waals surface area (Å²) in [5.74, 6) is 0.674. The van der Waals surface area contributed by atoms with Crippen LogP contribution in [0.15, 0.2) is 36.4 Å². The number of amides is 1. The van der Waals surface area contributed by atoms with E-state index in [1.807, 2.05) is 51.1 Å². The van der Waals surface area contributed by atoms with Gasteiger partial charge in [-0.25, -0.2) is 0 Å². The molecule has 1 aliphatic rings. The Balaban J connectivity index is 1.70. The number of hydrogen-bond acceptors (Lipinski definition) is 5. The maximum Gasteiger partial charge on any atom is 0.227 e. The summed E-state index contributed by atoms with van der Waals surface area (Å²) in [7, 11) is 0. The van der Waals surface area contributed by atoms with Gasteiger partial charge in [-0.05, 0) is 75.8 Å². The highest BCUT2D eigenvalue weighted by atomic mass is 35.5. The van der Waals surface area contributed by atoms with Gasteiger partial charge < -0.3 is 24.2 Å². The number of carbonyl (C=O) groups excluding carboxylic acids is 1. The highest BCUT2D eigenvalue weighted by Gasteiger charge is 2.24. The predicted molar refractivity (Wildman–Crippen MR) is 143 cm³/mol. The first-order valence-electron chi connectivity index (χ1n) is 12.7. The van der Waals surface area contributed by atoms with E-state index in [2.05, 4.69) is 0 Å². The second-order valence-electron chi connectivity index (χ2n) is 9.35. The maximum atomic E-state index is 13.1. The molecule has 2 atom stereocenters. The number of aliphatic hydroxyl groups excluding tert-OH is 1. The van der Waals surface area contributed by atoms with Crippen LogP contribution in [-0.2, 0) is 27.1 Å². The first-order valence-corrected chi connectivity index (χ1v) is 13.4. The lowest BCUT2D eigenvalue weighted by molar-refractivity contribution is -0.186. The number of hydrogen-bond donors (Lipinski definition) is 1. The van der Waals surface area contributed by atoms with Gasteiger partial charge in [-0.3, -0.25) is 4.79 Å². The van der Waals surface area contributed by atoms with Crippen LogP contribution in [0.5, 0.6) is 5.75 Å². The summed E-state index contributed by atoms with van der Waals surface area (Å²) >= 11 is 13.0. The fourth-order valence-corrected chi connectivity index (χ4v) is 4.91. The molecule has 0 aromatic heterocycles. The zero-order valence-corrected chi connectivity index (χ0v) is 22.9. The molecule has 1 heterocycles. The summed E-state index contributed by atoms with van der Waals surface area (Å²) < 4.78 is 17.7. The van der Waals surface area contributed by atoms with Crippen molar-refractivity contribution in [2.24, 2.45) is 0 Å². The molecule has 1 saturated heterocycles. The van der Waals surface area contributed by atoms with Crippen LogP contribution in [0.25, 0.3) is 0 Å². The second-order valence-corrected chi connectivity index (χ2v) is 10.1. The van der Waals surface area contributed by atoms with Crippen molar-refractivity contribution in [2.75, 3.05) is 26.3 Å². The Labute approximate surface area is 224 Å². The minimum Gasteiger partial charge on any atom is -0.491 e. The van der Waals surface area contributed by atoms with Crippen molar-refractivity contribution < 1.29 is 24.1 Å². The van der Waals surface area contributed by atoms with Crippen LogP contribution in [0.4, 0.5) is 0 Å². The van der Waals surface area contributed by atoms with Gasteiger partial charge in [0.05, 0.1) is 35.3 Å². The van der Waals surface area contributed by atoms with Crippen LogP contribution in [0, 0.1) is 0 Å². The van der Waals surface area contributed by atoms with Gasteiger partial charge in [-0.15, -0.1) is 0 Å². The van der Waals surface area contributed by atoms with Gasteiger partial charge in [-0.1, -0.05) is 41.4 Å². The Morgan fingerprint density at radius 2 is 1.97 bits per heavy atom. The fraction of sp³-hybridized carbons (Fsp3) is 0.536. The lowest BCUT2D eigenvalue weighted by Crippen LogP contribution is -2.36. The van der Waals surface area contributed by atoms with Crippen molar-refractivity contribution in [3.63, 3.8) is 0 Å². The van der Waals surface area contributed by atoms with Crippen LogP contribution in [0.1, 0.15) is 62.8 Å². The number of rotatable bonds is 12. The number of benzene rings is 2. The third kappa shape index (κ3) is 8.35. The summed E-state index contributed by atoms with van der Waals surface area (Å²) in [6.45, 7) is 7.13. The van der Waals surface area contributed by atoms with Crippen molar-refractivity contribution in [3.8, 4) is 5.75 Å². The summed E-state index contributed by atoms with van der Waals surface area (Å²) in [5.41, 5.74) is 2.63. The SMILES string of the molecule is CC(C)Oc1cccc(CC(=O)N(CCO)CCc2ccc(Cl)c(Cl)c2C(C)OC2CCCCO2)c1. The molecular weight excluding hydrogens is 501 g/mol. The maximum absolute atomic E-state index is 13.1. The third-order valence-corrected chi connectivity index (χ3v) is 6.94. The number of nitrogens with zero attached hydrogens (tertiary/aromatic N) is 1. The molecule has 0 aliphatic carbocycles. The van der Waals surface area contributed by atoms with Gasteiger partial charge in [0.25, 0.3) is 0 Å². The average molecular weight is 539 g/mol. The van der Waals surface area contributed by atoms with E-state index < -0.39 is 0 Å². The highest BCUT2D eigenvalue weighted by Crippen LogP contribution is 2.36.